The molecule has 0 aliphatic heterocycles. The van der Waals surface area contributed by atoms with Gasteiger partial charge in [-0.05, 0) is 30.5 Å². The molecule has 3 heteroatoms. The van der Waals surface area contributed by atoms with Gasteiger partial charge in [0.2, 0.25) is 5.91 Å². The maximum Gasteiger partial charge on any atom is 0.226 e. The van der Waals surface area contributed by atoms with Gasteiger partial charge in [0.1, 0.15) is 0 Å². The van der Waals surface area contributed by atoms with Gasteiger partial charge in [0.15, 0.2) is 0 Å². The largest absolute Gasteiger partial charge is 0.342 e. The van der Waals surface area contributed by atoms with E-state index in [2.05, 4.69) is 18.8 Å². The van der Waals surface area contributed by atoms with Crippen LogP contribution in [0.5, 0.6) is 0 Å². The number of amides is 1. The molecule has 0 fully saturated rings. The number of pyridine rings is 1. The third kappa shape index (κ3) is 4.01. The van der Waals surface area contributed by atoms with Gasteiger partial charge in [-0.15, -0.1) is 0 Å². The maximum atomic E-state index is 12.0. The molecule has 88 valence electrons. The second kappa shape index (κ2) is 6.99. The van der Waals surface area contributed by atoms with E-state index in [1.807, 2.05) is 17.0 Å². The molecule has 3 nitrogen and oxygen atoms in total. The fourth-order valence-electron chi connectivity index (χ4n) is 1.69. The molecule has 0 unspecified atom stereocenters. The predicted molar refractivity (Wildman–Crippen MR) is 65.1 cm³/mol. The van der Waals surface area contributed by atoms with Gasteiger partial charge in [-0.3, -0.25) is 9.78 Å². The summed E-state index contributed by atoms with van der Waals surface area (Å²) >= 11 is 0. The molecule has 1 aromatic rings. The minimum atomic E-state index is 0.218. The molecule has 0 aliphatic carbocycles. The topological polar surface area (TPSA) is 33.2 Å². The average molecular weight is 220 g/mol. The maximum absolute atomic E-state index is 12.0. The first-order chi connectivity index (χ1) is 7.77. The molecule has 0 aromatic carbocycles. The highest BCUT2D eigenvalue weighted by atomic mass is 16.2. The van der Waals surface area contributed by atoms with E-state index in [9.17, 15) is 4.79 Å². The van der Waals surface area contributed by atoms with E-state index in [-0.39, 0.29) is 5.91 Å². The van der Waals surface area contributed by atoms with Crippen molar-refractivity contribution in [1.82, 2.24) is 9.88 Å². The second-order valence-electron chi connectivity index (χ2n) is 3.91. The number of hydrogen-bond donors (Lipinski definition) is 0. The Morgan fingerprint density at radius 1 is 1.19 bits per heavy atom. The molecule has 1 aromatic heterocycles. The van der Waals surface area contributed by atoms with Crippen molar-refractivity contribution in [3.63, 3.8) is 0 Å². The summed E-state index contributed by atoms with van der Waals surface area (Å²) in [6.45, 7) is 5.92. The molecule has 0 bridgehead atoms. The van der Waals surface area contributed by atoms with Gasteiger partial charge in [0.25, 0.3) is 0 Å². The van der Waals surface area contributed by atoms with Crippen LogP contribution in [0.3, 0.4) is 0 Å². The third-order valence-corrected chi connectivity index (χ3v) is 2.44. The number of rotatable bonds is 6. The highest BCUT2D eigenvalue weighted by Crippen LogP contribution is 2.03. The van der Waals surface area contributed by atoms with Crippen molar-refractivity contribution in [2.45, 2.75) is 33.1 Å². The van der Waals surface area contributed by atoms with E-state index in [1.165, 1.54) is 0 Å². The molecule has 1 amide bonds. The molecule has 0 radical (unpaired) electrons. The SMILES string of the molecule is CCCN(CCC)C(=O)Cc1ccncc1. The van der Waals surface area contributed by atoms with Crippen LogP contribution in [0.2, 0.25) is 0 Å². The minimum Gasteiger partial charge on any atom is -0.342 e. The number of carbonyl (C=O) groups excluding carboxylic acids is 1. The first-order valence-corrected chi connectivity index (χ1v) is 5.94. The van der Waals surface area contributed by atoms with Crippen LogP contribution >= 0.6 is 0 Å². The Bertz CT molecular complexity index is 305. The van der Waals surface area contributed by atoms with Crippen LogP contribution in [0.4, 0.5) is 0 Å². The number of nitrogens with zero attached hydrogens (tertiary/aromatic N) is 2. The Morgan fingerprint density at radius 3 is 2.25 bits per heavy atom. The smallest absolute Gasteiger partial charge is 0.226 e. The van der Waals surface area contributed by atoms with E-state index in [1.54, 1.807) is 12.4 Å². The molecule has 0 atom stereocenters. The lowest BCUT2D eigenvalue weighted by atomic mass is 10.2. The fraction of sp³-hybridized carbons (Fsp3) is 0.538. The second-order valence-corrected chi connectivity index (χ2v) is 3.91. The number of hydrogen-bond acceptors (Lipinski definition) is 2. The van der Waals surface area contributed by atoms with Gasteiger partial charge in [0.05, 0.1) is 6.42 Å². The van der Waals surface area contributed by atoms with E-state index in [0.717, 1.165) is 31.5 Å². The zero-order chi connectivity index (χ0) is 11.8. The molecule has 0 spiro atoms. The van der Waals surface area contributed by atoms with Crippen LogP contribution in [0.15, 0.2) is 24.5 Å². The number of carbonyl (C=O) groups is 1. The zero-order valence-corrected chi connectivity index (χ0v) is 10.1. The molecule has 16 heavy (non-hydrogen) atoms. The van der Waals surface area contributed by atoms with E-state index < -0.39 is 0 Å². The fourth-order valence-corrected chi connectivity index (χ4v) is 1.69. The normalized spacial score (nSPS) is 10.1. The van der Waals surface area contributed by atoms with E-state index in [0.29, 0.717) is 6.42 Å². The molecule has 1 rings (SSSR count). The summed E-state index contributed by atoms with van der Waals surface area (Å²) < 4.78 is 0. The van der Waals surface area contributed by atoms with Crippen molar-refractivity contribution >= 4 is 5.91 Å². The van der Waals surface area contributed by atoms with Crippen molar-refractivity contribution < 1.29 is 4.79 Å². The lowest BCUT2D eigenvalue weighted by Crippen LogP contribution is -2.33. The monoisotopic (exact) mass is 220 g/mol. The first kappa shape index (κ1) is 12.7. The van der Waals surface area contributed by atoms with Crippen LogP contribution in [0, 0.1) is 0 Å². The molecular formula is C13H20N2O. The highest BCUT2D eigenvalue weighted by molar-refractivity contribution is 5.78. The summed E-state index contributed by atoms with van der Waals surface area (Å²) in [5.41, 5.74) is 1.04. The van der Waals surface area contributed by atoms with Crippen molar-refractivity contribution in [3.05, 3.63) is 30.1 Å². The van der Waals surface area contributed by atoms with Crippen LogP contribution in [-0.2, 0) is 11.2 Å². The van der Waals surface area contributed by atoms with Gasteiger partial charge in [-0.1, -0.05) is 13.8 Å². The Hall–Kier alpha value is -1.38. The standard InChI is InChI=1S/C13H20N2O/c1-3-9-15(10-4-2)13(16)11-12-5-7-14-8-6-12/h5-8H,3-4,9-11H2,1-2H3. The molecule has 1 heterocycles. The molecule has 0 aliphatic rings. The number of aromatic nitrogens is 1. The zero-order valence-electron chi connectivity index (χ0n) is 10.1. The van der Waals surface area contributed by atoms with Gasteiger partial charge in [0, 0.05) is 25.5 Å². The van der Waals surface area contributed by atoms with E-state index >= 15 is 0 Å². The van der Waals surface area contributed by atoms with E-state index in [4.69, 9.17) is 0 Å². The summed E-state index contributed by atoms with van der Waals surface area (Å²) in [6, 6.07) is 3.79. The van der Waals surface area contributed by atoms with Gasteiger partial charge < -0.3 is 4.90 Å². The van der Waals surface area contributed by atoms with Gasteiger partial charge >= 0.3 is 0 Å². The predicted octanol–water partition coefficient (Wildman–Crippen LogP) is 2.27. The summed E-state index contributed by atoms with van der Waals surface area (Å²) in [4.78, 5) is 17.9. The van der Waals surface area contributed by atoms with Crippen molar-refractivity contribution in [2.75, 3.05) is 13.1 Å². The van der Waals surface area contributed by atoms with Crippen LogP contribution in [-0.4, -0.2) is 28.9 Å². The quantitative estimate of drug-likeness (QED) is 0.737. The average Bonchev–Trinajstić information content (AvgIpc) is 2.30. The Labute approximate surface area is 97.5 Å². The van der Waals surface area contributed by atoms with Crippen molar-refractivity contribution in [3.8, 4) is 0 Å². The molecular weight excluding hydrogens is 200 g/mol. The van der Waals surface area contributed by atoms with Gasteiger partial charge in [-0.2, -0.15) is 0 Å². The lowest BCUT2D eigenvalue weighted by molar-refractivity contribution is -0.130. The van der Waals surface area contributed by atoms with Crippen molar-refractivity contribution in [1.29, 1.82) is 0 Å². The summed E-state index contributed by atoms with van der Waals surface area (Å²) in [5, 5.41) is 0. The summed E-state index contributed by atoms with van der Waals surface area (Å²) in [6.07, 6.45) is 5.98. The Morgan fingerprint density at radius 2 is 1.75 bits per heavy atom. The molecule has 0 N–H and O–H groups in total. The minimum absolute atomic E-state index is 0.218. The highest BCUT2D eigenvalue weighted by Gasteiger charge is 2.11. The van der Waals surface area contributed by atoms with Crippen LogP contribution in [0.25, 0.3) is 0 Å². The first-order valence-electron chi connectivity index (χ1n) is 5.94. The van der Waals surface area contributed by atoms with Crippen LogP contribution < -0.4 is 0 Å². The third-order valence-electron chi connectivity index (χ3n) is 2.44. The van der Waals surface area contributed by atoms with Crippen LogP contribution in [0.1, 0.15) is 32.3 Å². The summed E-state index contributed by atoms with van der Waals surface area (Å²) in [7, 11) is 0. The lowest BCUT2D eigenvalue weighted by Gasteiger charge is -2.21. The van der Waals surface area contributed by atoms with Crippen molar-refractivity contribution in [2.24, 2.45) is 0 Å². The summed E-state index contributed by atoms with van der Waals surface area (Å²) in [5.74, 6) is 0.218. The Kier molecular flexibility index (Phi) is 5.54. The Balaban J connectivity index is 2.55. The molecule has 0 saturated heterocycles. The molecule has 0 saturated carbocycles. The van der Waals surface area contributed by atoms with Gasteiger partial charge in [-0.25, -0.2) is 0 Å².